The van der Waals surface area contributed by atoms with Crippen LogP contribution in [0.1, 0.15) is 32.1 Å². The molecule has 4 rings (SSSR count). The third-order valence-electron chi connectivity index (χ3n) is 6.16. The van der Waals surface area contributed by atoms with Crippen molar-refractivity contribution in [3.05, 3.63) is 24.3 Å². The van der Waals surface area contributed by atoms with E-state index in [0.29, 0.717) is 31.1 Å². The molecule has 9 nitrogen and oxygen atoms in total. The second kappa shape index (κ2) is 10.2. The Morgan fingerprint density at radius 1 is 1.09 bits per heavy atom. The molecule has 0 saturated carbocycles. The maximum atomic E-state index is 12.8. The van der Waals surface area contributed by atoms with Crippen molar-refractivity contribution in [1.29, 1.82) is 0 Å². The van der Waals surface area contributed by atoms with Crippen LogP contribution in [0.25, 0.3) is 5.69 Å². The average Bonchev–Trinajstić information content (AvgIpc) is 3.26. The predicted octanol–water partition coefficient (Wildman–Crippen LogP) is 2.08. The number of ether oxygens (including phenoxy) is 1. The summed E-state index contributed by atoms with van der Waals surface area (Å²) in [7, 11) is 1.65. The number of benzene rings is 1. The third-order valence-corrected chi connectivity index (χ3v) is 7.07. The van der Waals surface area contributed by atoms with Crippen molar-refractivity contribution in [2.45, 2.75) is 37.3 Å². The minimum absolute atomic E-state index is 0.0343. The summed E-state index contributed by atoms with van der Waals surface area (Å²) < 4.78 is 7.60. The molecule has 2 N–H and O–H groups in total. The molecule has 0 spiro atoms. The minimum Gasteiger partial charge on any atom is -0.495 e. The largest absolute Gasteiger partial charge is 0.495 e. The number of para-hydroxylation sites is 2. The van der Waals surface area contributed by atoms with Gasteiger partial charge in [0.1, 0.15) is 5.75 Å². The van der Waals surface area contributed by atoms with Crippen LogP contribution in [0.3, 0.4) is 0 Å². The molecule has 1 aromatic carbocycles. The molecule has 2 saturated heterocycles. The number of primary amides is 1. The Labute approximate surface area is 192 Å². The van der Waals surface area contributed by atoms with Crippen molar-refractivity contribution in [2.24, 2.45) is 11.7 Å². The first-order chi connectivity index (χ1) is 15.6. The van der Waals surface area contributed by atoms with Gasteiger partial charge < -0.3 is 20.3 Å². The molecular weight excluding hydrogens is 428 g/mol. The zero-order chi connectivity index (χ0) is 22.5. The van der Waals surface area contributed by atoms with Crippen LogP contribution < -0.4 is 15.4 Å². The Morgan fingerprint density at radius 3 is 2.50 bits per heavy atom. The van der Waals surface area contributed by atoms with Gasteiger partial charge in [0.2, 0.25) is 17.8 Å². The van der Waals surface area contributed by atoms with Gasteiger partial charge >= 0.3 is 0 Å². The van der Waals surface area contributed by atoms with Gasteiger partial charge in [-0.2, -0.15) is 0 Å². The standard InChI is InChI=1S/C22H30N6O3S/c1-31-18-8-4-3-7-17(18)28-21(27-11-5-2-6-12-27)24-25-22(28)32-15-19(29)26-13-9-16(10-14-26)20(23)30/h3-4,7-8,16H,2,5-6,9-15H2,1H3,(H2,23,30). The van der Waals surface area contributed by atoms with Gasteiger partial charge in [-0.25, -0.2) is 0 Å². The molecule has 10 heteroatoms. The van der Waals surface area contributed by atoms with Crippen LogP contribution in [0.2, 0.25) is 0 Å². The van der Waals surface area contributed by atoms with E-state index in [-0.39, 0.29) is 23.5 Å². The molecule has 2 fully saturated rings. The lowest BCUT2D eigenvalue weighted by atomic mass is 9.96. The van der Waals surface area contributed by atoms with E-state index in [1.165, 1.54) is 18.2 Å². The highest BCUT2D eigenvalue weighted by Gasteiger charge is 2.27. The van der Waals surface area contributed by atoms with Crippen LogP contribution in [0.5, 0.6) is 5.75 Å². The van der Waals surface area contributed by atoms with Crippen LogP contribution >= 0.6 is 11.8 Å². The van der Waals surface area contributed by atoms with Gasteiger partial charge in [-0.05, 0) is 44.2 Å². The van der Waals surface area contributed by atoms with Crippen molar-refractivity contribution in [3.8, 4) is 11.4 Å². The Balaban J connectivity index is 1.53. The lowest BCUT2D eigenvalue weighted by Crippen LogP contribution is -2.42. The summed E-state index contributed by atoms with van der Waals surface area (Å²) in [6.45, 7) is 2.99. The van der Waals surface area contributed by atoms with Crippen molar-refractivity contribution in [3.63, 3.8) is 0 Å². The maximum Gasteiger partial charge on any atom is 0.233 e. The molecule has 0 radical (unpaired) electrons. The summed E-state index contributed by atoms with van der Waals surface area (Å²) >= 11 is 1.38. The number of likely N-dealkylation sites (tertiary alicyclic amines) is 1. The zero-order valence-electron chi connectivity index (χ0n) is 18.4. The summed E-state index contributed by atoms with van der Waals surface area (Å²) in [5.41, 5.74) is 6.26. The zero-order valence-corrected chi connectivity index (χ0v) is 19.2. The molecule has 0 atom stereocenters. The highest BCUT2D eigenvalue weighted by molar-refractivity contribution is 7.99. The van der Waals surface area contributed by atoms with Crippen molar-refractivity contribution in [1.82, 2.24) is 19.7 Å². The lowest BCUT2D eigenvalue weighted by molar-refractivity contribution is -0.132. The average molecular weight is 459 g/mol. The number of rotatable bonds is 7. The van der Waals surface area contributed by atoms with E-state index in [4.69, 9.17) is 10.5 Å². The second-order valence-corrected chi connectivity index (χ2v) is 9.13. The SMILES string of the molecule is COc1ccccc1-n1c(SCC(=O)N2CCC(C(N)=O)CC2)nnc1N1CCCCC1. The van der Waals surface area contributed by atoms with Gasteiger partial charge in [0.25, 0.3) is 0 Å². The molecule has 2 amide bonds. The van der Waals surface area contributed by atoms with E-state index in [0.717, 1.165) is 43.3 Å². The summed E-state index contributed by atoms with van der Waals surface area (Å²) in [6.07, 6.45) is 4.73. The fourth-order valence-electron chi connectivity index (χ4n) is 4.31. The second-order valence-electron chi connectivity index (χ2n) is 8.18. The predicted molar refractivity (Wildman–Crippen MR) is 123 cm³/mol. The van der Waals surface area contributed by atoms with Crippen molar-refractivity contribution >= 4 is 29.5 Å². The number of methoxy groups -OCH3 is 1. The highest BCUT2D eigenvalue weighted by atomic mass is 32.2. The quantitative estimate of drug-likeness (QED) is 0.633. The minimum atomic E-state index is -0.276. The first-order valence-corrected chi connectivity index (χ1v) is 12.1. The third kappa shape index (κ3) is 4.85. The maximum absolute atomic E-state index is 12.8. The smallest absolute Gasteiger partial charge is 0.233 e. The molecule has 0 aliphatic carbocycles. The number of amides is 2. The van der Waals surface area contributed by atoms with Gasteiger partial charge in [0.05, 0.1) is 18.6 Å². The van der Waals surface area contributed by atoms with E-state index in [1.54, 1.807) is 7.11 Å². The molecule has 2 aromatic rings. The van der Waals surface area contributed by atoms with Crippen LogP contribution in [-0.4, -0.2) is 70.5 Å². The number of piperidine rings is 2. The van der Waals surface area contributed by atoms with Crippen molar-refractivity contribution in [2.75, 3.05) is 43.9 Å². The number of carbonyl (C=O) groups excluding carboxylic acids is 2. The highest BCUT2D eigenvalue weighted by Crippen LogP contribution is 2.33. The molecule has 0 unspecified atom stereocenters. The normalized spacial score (nSPS) is 17.4. The van der Waals surface area contributed by atoms with E-state index in [9.17, 15) is 9.59 Å². The molecule has 3 heterocycles. The number of thioether (sulfide) groups is 1. The molecule has 2 aliphatic heterocycles. The fraction of sp³-hybridized carbons (Fsp3) is 0.545. The molecule has 0 bridgehead atoms. The monoisotopic (exact) mass is 458 g/mol. The number of carbonyl (C=O) groups is 2. The summed E-state index contributed by atoms with van der Waals surface area (Å²) in [6, 6.07) is 7.79. The number of anilines is 1. The number of hydrogen-bond acceptors (Lipinski definition) is 7. The van der Waals surface area contributed by atoms with E-state index >= 15 is 0 Å². The van der Waals surface area contributed by atoms with Crippen LogP contribution in [0, 0.1) is 5.92 Å². The Kier molecular flexibility index (Phi) is 7.19. The first-order valence-electron chi connectivity index (χ1n) is 11.1. The van der Waals surface area contributed by atoms with E-state index in [2.05, 4.69) is 15.1 Å². The number of aromatic nitrogens is 3. The molecule has 2 aliphatic rings. The number of hydrogen-bond donors (Lipinski definition) is 1. The molecule has 32 heavy (non-hydrogen) atoms. The molecular formula is C22H30N6O3S. The van der Waals surface area contributed by atoms with E-state index < -0.39 is 0 Å². The Hall–Kier alpha value is -2.75. The van der Waals surface area contributed by atoms with Crippen LogP contribution in [0.15, 0.2) is 29.4 Å². The van der Waals surface area contributed by atoms with Gasteiger partial charge in [-0.15, -0.1) is 10.2 Å². The summed E-state index contributed by atoms with van der Waals surface area (Å²) in [5, 5.41) is 9.60. The summed E-state index contributed by atoms with van der Waals surface area (Å²) in [5.74, 6) is 1.40. The van der Waals surface area contributed by atoms with Crippen LogP contribution in [-0.2, 0) is 9.59 Å². The number of nitrogens with zero attached hydrogens (tertiary/aromatic N) is 5. The lowest BCUT2D eigenvalue weighted by Gasteiger charge is -2.30. The Morgan fingerprint density at radius 2 is 1.81 bits per heavy atom. The number of nitrogens with two attached hydrogens (primary N) is 1. The van der Waals surface area contributed by atoms with Gasteiger partial charge in [-0.1, -0.05) is 23.9 Å². The van der Waals surface area contributed by atoms with Crippen LogP contribution in [0.4, 0.5) is 5.95 Å². The van der Waals surface area contributed by atoms with Gasteiger partial charge in [-0.3, -0.25) is 14.2 Å². The summed E-state index contributed by atoms with van der Waals surface area (Å²) in [4.78, 5) is 28.3. The van der Waals surface area contributed by atoms with Gasteiger partial charge in [0, 0.05) is 32.1 Å². The van der Waals surface area contributed by atoms with E-state index in [1.807, 2.05) is 33.7 Å². The molecule has 1 aromatic heterocycles. The Bertz CT molecular complexity index is 951. The van der Waals surface area contributed by atoms with Gasteiger partial charge in [0.15, 0.2) is 5.16 Å². The molecule has 172 valence electrons. The van der Waals surface area contributed by atoms with Crippen molar-refractivity contribution < 1.29 is 14.3 Å². The first kappa shape index (κ1) is 22.4. The fourth-order valence-corrected chi connectivity index (χ4v) is 5.15. The topological polar surface area (TPSA) is 107 Å².